The maximum Gasteiger partial charge on any atom is 0.127 e. The van der Waals surface area contributed by atoms with E-state index in [-0.39, 0.29) is 5.60 Å². The van der Waals surface area contributed by atoms with E-state index in [4.69, 9.17) is 21.1 Å². The number of rotatable bonds is 8. The van der Waals surface area contributed by atoms with Gasteiger partial charge in [0.15, 0.2) is 0 Å². The number of hydrogen-bond donors (Lipinski definition) is 0. The quantitative estimate of drug-likeness (QED) is 0.360. The number of halogens is 1. The van der Waals surface area contributed by atoms with E-state index in [1.807, 2.05) is 30.6 Å². The molecule has 0 saturated heterocycles. The maximum atomic E-state index is 6.51. The number of pyridine rings is 1. The number of ether oxygens (including phenoxy) is 2. The van der Waals surface area contributed by atoms with Crippen molar-refractivity contribution in [1.82, 2.24) is 4.98 Å². The molecule has 0 N–H and O–H groups in total. The monoisotopic (exact) mass is 437 g/mol. The van der Waals surface area contributed by atoms with Gasteiger partial charge in [0.25, 0.3) is 0 Å². The second kappa shape index (κ2) is 8.26. The molecule has 1 heterocycles. The largest absolute Gasteiger partial charge is 0.490 e. The van der Waals surface area contributed by atoms with Gasteiger partial charge in [-0.3, -0.25) is 4.98 Å². The molecular weight excluding hydrogens is 414 g/mol. The van der Waals surface area contributed by atoms with Crippen LogP contribution in [0.2, 0.25) is 5.02 Å². The van der Waals surface area contributed by atoms with E-state index in [1.54, 1.807) is 11.8 Å². The summed E-state index contributed by atoms with van der Waals surface area (Å²) < 4.78 is 12.7. The van der Waals surface area contributed by atoms with Crippen molar-refractivity contribution in [1.29, 1.82) is 0 Å². The summed E-state index contributed by atoms with van der Waals surface area (Å²) in [6.45, 7) is 0.488. The Balaban J connectivity index is 1.44. The number of benzene rings is 2. The van der Waals surface area contributed by atoms with E-state index >= 15 is 0 Å². The summed E-state index contributed by atoms with van der Waals surface area (Å²) in [5.74, 6) is 0.943. The molecule has 2 aromatic carbocycles. The number of nitrogens with zero attached hydrogens (tertiary/aromatic N) is 1. The fourth-order valence-electron chi connectivity index (χ4n) is 3.76. The van der Waals surface area contributed by atoms with E-state index in [2.05, 4.69) is 41.6 Å². The Morgan fingerprint density at radius 2 is 1.93 bits per heavy atom. The molecule has 0 unspecified atom stereocenters. The van der Waals surface area contributed by atoms with E-state index in [1.165, 1.54) is 4.90 Å². The van der Waals surface area contributed by atoms with Gasteiger partial charge < -0.3 is 9.47 Å². The van der Waals surface area contributed by atoms with Crippen LogP contribution in [0.5, 0.6) is 5.75 Å². The minimum absolute atomic E-state index is 0.311. The lowest BCUT2D eigenvalue weighted by molar-refractivity contribution is 0.0173. The van der Waals surface area contributed by atoms with Crippen LogP contribution in [0, 0.1) is 0 Å². The molecule has 3 aromatic rings. The first kappa shape index (κ1) is 19.9. The summed E-state index contributed by atoms with van der Waals surface area (Å²) in [4.78, 5) is 5.62. The van der Waals surface area contributed by atoms with Gasteiger partial charge in [0.05, 0.1) is 18.3 Å². The van der Waals surface area contributed by atoms with Crippen molar-refractivity contribution in [3.63, 3.8) is 0 Å². The van der Waals surface area contributed by atoms with Crippen molar-refractivity contribution in [2.45, 2.75) is 48.9 Å². The molecule has 5 heteroatoms. The van der Waals surface area contributed by atoms with Crippen LogP contribution in [-0.2, 0) is 16.9 Å². The third-order valence-electron chi connectivity index (χ3n) is 5.77. The summed E-state index contributed by atoms with van der Waals surface area (Å²) in [5, 5.41) is 0.748. The first-order chi connectivity index (χ1) is 14.7. The first-order valence-electron chi connectivity index (χ1n) is 10.4. The van der Waals surface area contributed by atoms with Gasteiger partial charge in [0, 0.05) is 33.4 Å². The Hall–Kier alpha value is -2.01. The minimum atomic E-state index is -0.311. The Labute approximate surface area is 186 Å². The number of hydrogen-bond acceptors (Lipinski definition) is 4. The average Bonchev–Trinajstić information content (AvgIpc) is 3.71. The van der Waals surface area contributed by atoms with Gasteiger partial charge in [-0.1, -0.05) is 29.8 Å². The Morgan fingerprint density at radius 1 is 1.10 bits per heavy atom. The normalized spacial score (nSPS) is 17.0. The molecular formula is C25H24ClNO2S. The average molecular weight is 438 g/mol. The van der Waals surface area contributed by atoms with E-state index in [0.717, 1.165) is 58.7 Å². The predicted molar refractivity (Wildman–Crippen MR) is 122 cm³/mol. The molecule has 0 radical (unpaired) electrons. The van der Waals surface area contributed by atoms with Crippen LogP contribution < -0.4 is 4.74 Å². The molecule has 1 aromatic heterocycles. The molecule has 0 amide bonds. The molecule has 2 aliphatic rings. The number of thioether (sulfide) groups is 1. The minimum Gasteiger partial charge on any atom is -0.490 e. The Bertz CT molecular complexity index is 1060. The van der Waals surface area contributed by atoms with Crippen LogP contribution in [0.25, 0.3) is 11.1 Å². The highest BCUT2D eigenvalue weighted by Crippen LogP contribution is 2.53. The molecule has 154 valence electrons. The van der Waals surface area contributed by atoms with Crippen LogP contribution in [0.15, 0.2) is 65.8 Å². The van der Waals surface area contributed by atoms with E-state index in [0.29, 0.717) is 12.7 Å². The van der Waals surface area contributed by atoms with Crippen LogP contribution in [0.3, 0.4) is 0 Å². The highest BCUT2D eigenvalue weighted by molar-refractivity contribution is 7.98. The predicted octanol–water partition coefficient (Wildman–Crippen LogP) is 6.87. The molecule has 3 nitrogen and oxygen atoms in total. The van der Waals surface area contributed by atoms with Crippen LogP contribution in [0.1, 0.15) is 36.8 Å². The lowest BCUT2D eigenvalue weighted by Crippen LogP contribution is -2.14. The van der Waals surface area contributed by atoms with Crippen LogP contribution in [-0.4, -0.2) is 17.3 Å². The van der Waals surface area contributed by atoms with Crippen molar-refractivity contribution in [2.75, 3.05) is 6.26 Å². The molecule has 2 aliphatic carbocycles. The lowest BCUT2D eigenvalue weighted by Gasteiger charge is -2.22. The second-order valence-corrected chi connectivity index (χ2v) is 9.26. The molecule has 0 bridgehead atoms. The maximum absolute atomic E-state index is 6.51. The third-order valence-corrected chi connectivity index (χ3v) is 6.86. The zero-order chi connectivity index (χ0) is 20.6. The Kier molecular flexibility index (Phi) is 5.48. The van der Waals surface area contributed by atoms with Gasteiger partial charge in [-0.2, -0.15) is 0 Å². The lowest BCUT2D eigenvalue weighted by atomic mass is 9.96. The molecule has 2 fully saturated rings. The van der Waals surface area contributed by atoms with E-state index in [9.17, 15) is 0 Å². The zero-order valence-electron chi connectivity index (χ0n) is 16.9. The van der Waals surface area contributed by atoms with Gasteiger partial charge in [0.2, 0.25) is 0 Å². The fourth-order valence-corrected chi connectivity index (χ4v) is 4.40. The zero-order valence-corrected chi connectivity index (χ0v) is 18.5. The fraction of sp³-hybridized carbons (Fsp3) is 0.320. The first-order valence-corrected chi connectivity index (χ1v) is 12.0. The third kappa shape index (κ3) is 4.09. The summed E-state index contributed by atoms with van der Waals surface area (Å²) in [6, 6.07) is 16.5. The van der Waals surface area contributed by atoms with Gasteiger partial charge >= 0.3 is 0 Å². The highest BCUT2D eigenvalue weighted by Gasteiger charge is 2.47. The van der Waals surface area contributed by atoms with Gasteiger partial charge in [0.1, 0.15) is 5.75 Å². The molecule has 0 aliphatic heterocycles. The molecule has 0 atom stereocenters. The molecule has 0 spiro atoms. The Morgan fingerprint density at radius 3 is 2.70 bits per heavy atom. The summed E-state index contributed by atoms with van der Waals surface area (Å²) >= 11 is 8.14. The SMILES string of the molecule is CSc1ccc(Cl)c(COC2(c3cnccc3-c3ccccc3OC3CC3)CC2)c1. The van der Waals surface area contributed by atoms with Gasteiger partial charge in [-0.25, -0.2) is 0 Å². The number of para-hydroxylation sites is 1. The van der Waals surface area contributed by atoms with Crippen LogP contribution >= 0.6 is 23.4 Å². The van der Waals surface area contributed by atoms with Gasteiger partial charge in [-0.05, 0) is 73.4 Å². The van der Waals surface area contributed by atoms with Crippen molar-refractivity contribution in [3.8, 4) is 16.9 Å². The van der Waals surface area contributed by atoms with Gasteiger partial charge in [-0.15, -0.1) is 11.8 Å². The van der Waals surface area contributed by atoms with Crippen LogP contribution in [0.4, 0.5) is 0 Å². The number of aromatic nitrogens is 1. The summed E-state index contributed by atoms with van der Waals surface area (Å²) in [7, 11) is 0. The highest BCUT2D eigenvalue weighted by atomic mass is 35.5. The van der Waals surface area contributed by atoms with Crippen molar-refractivity contribution >= 4 is 23.4 Å². The molecule has 5 rings (SSSR count). The van der Waals surface area contributed by atoms with Crippen molar-refractivity contribution in [2.24, 2.45) is 0 Å². The van der Waals surface area contributed by atoms with Crippen molar-refractivity contribution < 1.29 is 9.47 Å². The van der Waals surface area contributed by atoms with E-state index < -0.39 is 0 Å². The second-order valence-electron chi connectivity index (χ2n) is 7.97. The standard InChI is InChI=1S/C25H24ClNO2S/c1-30-19-8-9-23(26)17(14-19)16-28-25(11-12-25)22-15-27-13-10-20(22)21-4-2-3-5-24(21)29-18-6-7-18/h2-5,8-10,13-15,18H,6-7,11-12,16H2,1H3. The summed E-state index contributed by atoms with van der Waals surface area (Å²) in [6.07, 6.45) is 10.5. The molecule has 30 heavy (non-hydrogen) atoms. The molecule has 2 saturated carbocycles. The summed E-state index contributed by atoms with van der Waals surface area (Å²) in [5.41, 5.74) is 4.10. The smallest absolute Gasteiger partial charge is 0.127 e. The topological polar surface area (TPSA) is 31.4 Å². The van der Waals surface area contributed by atoms with Crippen molar-refractivity contribution in [3.05, 3.63) is 77.1 Å².